The third-order valence-electron chi connectivity index (χ3n) is 3.95. The highest BCUT2D eigenvalue weighted by atomic mass is 32.1. The quantitative estimate of drug-likeness (QED) is 0.725. The van der Waals surface area contributed by atoms with Crippen molar-refractivity contribution in [3.05, 3.63) is 29.8 Å². The number of ether oxygens (including phenoxy) is 1. The molecule has 0 aliphatic carbocycles. The van der Waals surface area contributed by atoms with Gasteiger partial charge >= 0.3 is 0 Å². The molecule has 1 aromatic carbocycles. The van der Waals surface area contributed by atoms with E-state index in [9.17, 15) is 4.79 Å². The Hall–Kier alpha value is -1.46. The highest BCUT2D eigenvalue weighted by Gasteiger charge is 2.38. The molecule has 0 saturated carbocycles. The van der Waals surface area contributed by atoms with Gasteiger partial charge in [-0.25, -0.2) is 0 Å². The molecule has 116 valence electrons. The minimum atomic E-state index is -0.788. The molecule has 1 aromatic rings. The number of hydrogen-bond acceptors (Lipinski definition) is 3. The Labute approximate surface area is 132 Å². The Kier molecular flexibility index (Phi) is 6.78. The first-order valence-corrected chi connectivity index (χ1v) is 7.60. The first-order chi connectivity index (χ1) is 10.0. The number of nitrogens with two attached hydrogens (primary N) is 1. The maximum atomic E-state index is 12.7. The minimum Gasteiger partial charge on any atom is -0.392 e. The third-order valence-corrected chi connectivity index (χ3v) is 4.35. The number of para-hydroxylation sites is 1. The van der Waals surface area contributed by atoms with Crippen molar-refractivity contribution in [1.29, 1.82) is 0 Å². The van der Waals surface area contributed by atoms with E-state index in [1.54, 1.807) is 7.11 Å². The second-order valence-electron chi connectivity index (χ2n) is 5.01. The summed E-state index contributed by atoms with van der Waals surface area (Å²) in [6.45, 7) is 4.47. The highest BCUT2D eigenvalue weighted by Crippen LogP contribution is 2.29. The third kappa shape index (κ3) is 4.02. The molecule has 4 nitrogen and oxygen atoms in total. The summed E-state index contributed by atoms with van der Waals surface area (Å²) in [6, 6.07) is 7.71. The summed E-state index contributed by atoms with van der Waals surface area (Å²) >= 11 is 5.12. The zero-order valence-electron chi connectivity index (χ0n) is 12.9. The Morgan fingerprint density at radius 3 is 2.48 bits per heavy atom. The molecule has 0 aliphatic rings. The van der Waals surface area contributed by atoms with Crippen molar-refractivity contribution < 1.29 is 9.53 Å². The highest BCUT2D eigenvalue weighted by molar-refractivity contribution is 7.80. The van der Waals surface area contributed by atoms with Crippen LogP contribution in [-0.4, -0.2) is 24.6 Å². The van der Waals surface area contributed by atoms with Crippen LogP contribution in [-0.2, 0) is 16.0 Å². The lowest BCUT2D eigenvalue weighted by Crippen LogP contribution is -2.45. The van der Waals surface area contributed by atoms with Crippen LogP contribution in [0.2, 0.25) is 0 Å². The molecule has 1 rings (SSSR count). The summed E-state index contributed by atoms with van der Waals surface area (Å²) in [7, 11) is 1.66. The molecule has 3 N–H and O–H groups in total. The summed E-state index contributed by atoms with van der Waals surface area (Å²) in [4.78, 5) is 12.9. The van der Waals surface area contributed by atoms with E-state index in [1.807, 2.05) is 38.1 Å². The molecule has 21 heavy (non-hydrogen) atoms. The summed E-state index contributed by atoms with van der Waals surface area (Å²) in [5.41, 5.74) is 6.86. The number of rotatable bonds is 8. The molecular formula is C16H24N2O2S. The lowest BCUT2D eigenvalue weighted by molar-refractivity contribution is -0.122. The average Bonchev–Trinajstić information content (AvgIpc) is 2.48. The maximum Gasteiger partial charge on any atom is 0.237 e. The van der Waals surface area contributed by atoms with Gasteiger partial charge in [-0.05, 0) is 30.9 Å². The van der Waals surface area contributed by atoms with Crippen LogP contribution in [0.4, 0.5) is 5.69 Å². The van der Waals surface area contributed by atoms with Crippen LogP contribution in [0.5, 0.6) is 0 Å². The summed E-state index contributed by atoms with van der Waals surface area (Å²) in [5, 5.41) is 2.98. The van der Waals surface area contributed by atoms with Crippen LogP contribution < -0.4 is 11.1 Å². The van der Waals surface area contributed by atoms with Crippen molar-refractivity contribution in [1.82, 2.24) is 0 Å². The molecule has 0 saturated heterocycles. The van der Waals surface area contributed by atoms with Gasteiger partial charge in [0, 0.05) is 12.8 Å². The molecule has 0 atom stereocenters. The number of benzene rings is 1. The minimum absolute atomic E-state index is 0.134. The fourth-order valence-electron chi connectivity index (χ4n) is 2.35. The van der Waals surface area contributed by atoms with Gasteiger partial charge in [-0.2, -0.15) is 0 Å². The number of anilines is 1. The summed E-state index contributed by atoms with van der Waals surface area (Å²) < 4.78 is 5.10. The Bertz CT molecular complexity index is 499. The van der Waals surface area contributed by atoms with E-state index in [4.69, 9.17) is 22.7 Å². The molecule has 5 heteroatoms. The van der Waals surface area contributed by atoms with Crippen LogP contribution in [0.15, 0.2) is 24.3 Å². The van der Waals surface area contributed by atoms with Gasteiger partial charge in [0.05, 0.1) is 17.0 Å². The van der Waals surface area contributed by atoms with Crippen LogP contribution in [0, 0.1) is 5.41 Å². The summed E-state index contributed by atoms with van der Waals surface area (Å²) in [5.74, 6) is -0.134. The topological polar surface area (TPSA) is 64.3 Å². The summed E-state index contributed by atoms with van der Waals surface area (Å²) in [6.07, 6.45) is 1.92. The van der Waals surface area contributed by atoms with E-state index in [2.05, 4.69) is 5.32 Å². The van der Waals surface area contributed by atoms with Crippen molar-refractivity contribution in [2.75, 3.05) is 19.0 Å². The molecule has 0 unspecified atom stereocenters. The number of thiocarbonyl (C=S) groups is 1. The van der Waals surface area contributed by atoms with Gasteiger partial charge in [-0.3, -0.25) is 4.79 Å². The van der Waals surface area contributed by atoms with Gasteiger partial charge in [-0.1, -0.05) is 44.3 Å². The number of hydrogen-bond donors (Lipinski definition) is 2. The van der Waals surface area contributed by atoms with E-state index in [1.165, 1.54) is 0 Å². The van der Waals surface area contributed by atoms with E-state index < -0.39 is 5.41 Å². The van der Waals surface area contributed by atoms with Crippen molar-refractivity contribution in [2.45, 2.75) is 33.1 Å². The maximum absolute atomic E-state index is 12.7. The van der Waals surface area contributed by atoms with Crippen LogP contribution in [0.3, 0.4) is 0 Å². The van der Waals surface area contributed by atoms with Crippen molar-refractivity contribution in [2.24, 2.45) is 11.1 Å². The fourth-order valence-corrected chi connectivity index (χ4v) is 2.73. The number of methoxy groups -OCH3 is 1. The second kappa shape index (κ2) is 8.10. The number of amides is 1. The Morgan fingerprint density at radius 2 is 1.95 bits per heavy atom. The van der Waals surface area contributed by atoms with Crippen LogP contribution in [0.1, 0.15) is 32.3 Å². The van der Waals surface area contributed by atoms with Crippen molar-refractivity contribution in [3.63, 3.8) is 0 Å². The van der Waals surface area contributed by atoms with Gasteiger partial charge in [0.1, 0.15) is 0 Å². The fraction of sp³-hybridized carbons (Fsp3) is 0.500. The van der Waals surface area contributed by atoms with E-state index in [0.717, 1.165) is 17.7 Å². The van der Waals surface area contributed by atoms with Crippen molar-refractivity contribution >= 4 is 28.8 Å². The zero-order valence-corrected chi connectivity index (χ0v) is 13.8. The molecule has 0 aromatic heterocycles. The molecule has 0 heterocycles. The lowest BCUT2D eigenvalue weighted by atomic mass is 9.81. The normalized spacial score (nSPS) is 11.2. The standard InChI is InChI=1S/C16H24N2O2S/c1-4-16(5-2,14(17)21)15(19)18-13-9-7-6-8-12(13)10-11-20-3/h6-9H,4-5,10-11H2,1-3H3,(H2,17,21)(H,18,19). The average molecular weight is 308 g/mol. The molecule has 0 fully saturated rings. The zero-order chi connectivity index (χ0) is 15.9. The predicted octanol–water partition coefficient (Wildman–Crippen LogP) is 2.91. The van der Waals surface area contributed by atoms with Crippen LogP contribution in [0.25, 0.3) is 0 Å². The lowest BCUT2D eigenvalue weighted by Gasteiger charge is -2.29. The molecule has 0 bridgehead atoms. The van der Waals surface area contributed by atoms with Gasteiger partial charge < -0.3 is 15.8 Å². The van der Waals surface area contributed by atoms with Gasteiger partial charge in [0.2, 0.25) is 5.91 Å². The number of nitrogens with one attached hydrogen (secondary N) is 1. The number of carbonyl (C=O) groups excluding carboxylic acids is 1. The largest absolute Gasteiger partial charge is 0.392 e. The first-order valence-electron chi connectivity index (χ1n) is 7.20. The van der Waals surface area contributed by atoms with Crippen LogP contribution >= 0.6 is 12.2 Å². The van der Waals surface area contributed by atoms with E-state index in [-0.39, 0.29) is 10.9 Å². The van der Waals surface area contributed by atoms with E-state index in [0.29, 0.717) is 19.4 Å². The monoisotopic (exact) mass is 308 g/mol. The predicted molar refractivity (Wildman–Crippen MR) is 90.5 cm³/mol. The van der Waals surface area contributed by atoms with Gasteiger partial charge in [0.25, 0.3) is 0 Å². The van der Waals surface area contributed by atoms with E-state index >= 15 is 0 Å². The van der Waals surface area contributed by atoms with Gasteiger partial charge in [0.15, 0.2) is 0 Å². The Balaban J connectivity index is 2.99. The van der Waals surface area contributed by atoms with Gasteiger partial charge in [-0.15, -0.1) is 0 Å². The molecule has 1 amide bonds. The SMILES string of the molecule is CCC(CC)(C(=O)Nc1ccccc1CCOC)C(N)=S. The molecule has 0 aliphatic heterocycles. The molecule has 0 radical (unpaired) electrons. The van der Waals surface area contributed by atoms with Crippen molar-refractivity contribution in [3.8, 4) is 0 Å². The molecule has 0 spiro atoms. The molecular weight excluding hydrogens is 284 g/mol. The second-order valence-corrected chi connectivity index (χ2v) is 5.45. The first kappa shape index (κ1) is 17.6. The smallest absolute Gasteiger partial charge is 0.237 e. The Morgan fingerprint density at radius 1 is 1.33 bits per heavy atom. The number of carbonyl (C=O) groups is 1.